The first-order chi connectivity index (χ1) is 13.6. The van der Waals surface area contributed by atoms with Crippen molar-refractivity contribution < 1.29 is 4.79 Å². The fourth-order valence-corrected chi connectivity index (χ4v) is 5.24. The fraction of sp³-hybridized carbons (Fsp3) is 0.259. The molecule has 0 aromatic heterocycles. The molecule has 0 aliphatic heterocycles. The first kappa shape index (κ1) is 17.2. The summed E-state index contributed by atoms with van der Waals surface area (Å²) in [6, 6.07) is 17.9. The molecule has 138 valence electrons. The highest BCUT2D eigenvalue weighted by molar-refractivity contribution is 6.08. The Balaban J connectivity index is 1.64. The second kappa shape index (κ2) is 6.33. The topological polar surface area (TPSA) is 17.1 Å². The van der Waals surface area contributed by atoms with E-state index in [9.17, 15) is 4.79 Å². The van der Waals surface area contributed by atoms with E-state index in [0.717, 1.165) is 24.8 Å². The van der Waals surface area contributed by atoms with Gasteiger partial charge in [0.05, 0.1) is 0 Å². The van der Waals surface area contributed by atoms with Gasteiger partial charge in [0.1, 0.15) is 5.94 Å². The number of hydrogen-bond donors (Lipinski definition) is 0. The molecule has 0 saturated carbocycles. The molecule has 2 aliphatic carbocycles. The highest BCUT2D eigenvalue weighted by Crippen LogP contribution is 2.47. The van der Waals surface area contributed by atoms with E-state index in [1.165, 1.54) is 38.2 Å². The molecule has 28 heavy (non-hydrogen) atoms. The zero-order valence-electron chi connectivity index (χ0n) is 16.5. The third-order valence-corrected chi connectivity index (χ3v) is 6.72. The van der Waals surface area contributed by atoms with Gasteiger partial charge in [-0.25, -0.2) is 4.79 Å². The Hall–Kier alpha value is -2.89. The van der Waals surface area contributed by atoms with Crippen LogP contribution in [0.2, 0.25) is 0 Å². The summed E-state index contributed by atoms with van der Waals surface area (Å²) in [5.41, 5.74) is 5.25. The number of benzene rings is 3. The molecule has 1 atom stereocenters. The van der Waals surface area contributed by atoms with E-state index in [1.54, 1.807) is 0 Å². The van der Waals surface area contributed by atoms with Crippen LogP contribution in [0.25, 0.3) is 21.5 Å². The van der Waals surface area contributed by atoms with Crippen molar-refractivity contribution in [2.75, 3.05) is 0 Å². The van der Waals surface area contributed by atoms with E-state index in [0.29, 0.717) is 5.92 Å². The first-order valence-corrected chi connectivity index (χ1v) is 10.1. The second-order valence-corrected chi connectivity index (χ2v) is 8.91. The van der Waals surface area contributed by atoms with Gasteiger partial charge in [-0.2, -0.15) is 0 Å². The predicted octanol–water partition coefficient (Wildman–Crippen LogP) is 6.38. The lowest BCUT2D eigenvalue weighted by molar-refractivity contribution is 0.225. The van der Waals surface area contributed by atoms with Gasteiger partial charge in [-0.15, -0.1) is 0 Å². The van der Waals surface area contributed by atoms with Crippen LogP contribution in [0.4, 0.5) is 0 Å². The van der Waals surface area contributed by atoms with E-state index in [2.05, 4.69) is 74.4 Å². The molecule has 5 rings (SSSR count). The summed E-state index contributed by atoms with van der Waals surface area (Å²) in [6.07, 6.45) is 8.95. The molecule has 3 aromatic carbocycles. The van der Waals surface area contributed by atoms with Gasteiger partial charge in [-0.1, -0.05) is 80.1 Å². The standard InChI is InChI=1S/C27H24O/c1-27(2)16-25-20(15-26(27)21-8-5-6-18(14-21)17-28)11-13-23-22-9-4-3-7-19(22)10-12-24(23)25/h3-13,26H,14-16H2,1-2H3. The summed E-state index contributed by atoms with van der Waals surface area (Å²) in [6.45, 7) is 4.76. The molecule has 0 bridgehead atoms. The Morgan fingerprint density at radius 1 is 0.964 bits per heavy atom. The molecule has 0 spiro atoms. The summed E-state index contributed by atoms with van der Waals surface area (Å²) in [4.78, 5) is 11.2. The van der Waals surface area contributed by atoms with Crippen molar-refractivity contribution in [3.8, 4) is 0 Å². The molecule has 1 nitrogen and oxygen atoms in total. The van der Waals surface area contributed by atoms with Crippen molar-refractivity contribution in [1.82, 2.24) is 0 Å². The molecule has 0 amide bonds. The average Bonchev–Trinajstić information content (AvgIpc) is 2.72. The summed E-state index contributed by atoms with van der Waals surface area (Å²) in [5, 5.41) is 5.39. The second-order valence-electron chi connectivity index (χ2n) is 8.91. The zero-order valence-corrected chi connectivity index (χ0v) is 16.5. The molecule has 3 aromatic rings. The van der Waals surface area contributed by atoms with Crippen LogP contribution in [0.1, 0.15) is 31.4 Å². The lowest BCUT2D eigenvalue weighted by Gasteiger charge is -2.42. The van der Waals surface area contributed by atoms with Crippen molar-refractivity contribution in [2.24, 2.45) is 11.3 Å². The van der Waals surface area contributed by atoms with Gasteiger partial charge in [-0.05, 0) is 62.9 Å². The summed E-state index contributed by atoms with van der Waals surface area (Å²) < 4.78 is 0. The van der Waals surface area contributed by atoms with Gasteiger partial charge < -0.3 is 0 Å². The number of allylic oxidation sites excluding steroid dienone is 5. The molecule has 1 heteroatoms. The van der Waals surface area contributed by atoms with Gasteiger partial charge >= 0.3 is 0 Å². The van der Waals surface area contributed by atoms with Gasteiger partial charge in [0, 0.05) is 12.0 Å². The van der Waals surface area contributed by atoms with Crippen LogP contribution in [-0.4, -0.2) is 5.94 Å². The van der Waals surface area contributed by atoms with Crippen molar-refractivity contribution in [3.63, 3.8) is 0 Å². The van der Waals surface area contributed by atoms with Crippen molar-refractivity contribution >= 4 is 27.5 Å². The molecule has 2 aliphatic rings. The Labute approximate surface area is 166 Å². The Kier molecular flexibility index (Phi) is 3.89. The molecule has 0 saturated heterocycles. The maximum Gasteiger partial charge on any atom is 0.128 e. The van der Waals surface area contributed by atoms with Crippen molar-refractivity contribution in [1.29, 1.82) is 0 Å². The first-order valence-electron chi connectivity index (χ1n) is 10.1. The monoisotopic (exact) mass is 364 g/mol. The van der Waals surface area contributed by atoms with Crippen molar-refractivity contribution in [2.45, 2.75) is 33.1 Å². The number of fused-ring (bicyclic) bond motifs is 5. The van der Waals surface area contributed by atoms with E-state index >= 15 is 0 Å². The molecule has 1 unspecified atom stereocenters. The zero-order chi connectivity index (χ0) is 19.3. The van der Waals surface area contributed by atoms with Crippen LogP contribution >= 0.6 is 0 Å². The Bertz CT molecular complexity index is 1220. The average molecular weight is 364 g/mol. The quantitative estimate of drug-likeness (QED) is 0.362. The van der Waals surface area contributed by atoms with Gasteiger partial charge in [0.15, 0.2) is 0 Å². The predicted molar refractivity (Wildman–Crippen MR) is 117 cm³/mol. The molecule has 0 heterocycles. The number of hydrogen-bond acceptors (Lipinski definition) is 1. The maximum atomic E-state index is 11.2. The van der Waals surface area contributed by atoms with Crippen LogP contribution < -0.4 is 0 Å². The van der Waals surface area contributed by atoms with E-state index in [1.807, 2.05) is 12.2 Å². The minimum Gasteiger partial charge on any atom is -0.233 e. The minimum atomic E-state index is 0.151. The third kappa shape index (κ3) is 2.66. The normalized spacial score (nSPS) is 20.7. The van der Waals surface area contributed by atoms with Gasteiger partial charge in [0.2, 0.25) is 0 Å². The van der Waals surface area contributed by atoms with E-state index < -0.39 is 0 Å². The lowest BCUT2D eigenvalue weighted by Crippen LogP contribution is -2.34. The maximum absolute atomic E-state index is 11.2. The van der Waals surface area contributed by atoms with Gasteiger partial charge in [0.25, 0.3) is 0 Å². The molecule has 0 radical (unpaired) electrons. The molecular formula is C27H24O. The Morgan fingerprint density at radius 2 is 1.79 bits per heavy atom. The largest absolute Gasteiger partial charge is 0.233 e. The SMILES string of the molecule is CC1(C)Cc2c(ccc3c2ccc2ccccc23)CC1C1=CC=CC(=C=O)C1. The summed E-state index contributed by atoms with van der Waals surface area (Å²) >= 11 is 0. The van der Waals surface area contributed by atoms with Crippen LogP contribution in [0.3, 0.4) is 0 Å². The summed E-state index contributed by atoms with van der Waals surface area (Å²) in [7, 11) is 0. The minimum absolute atomic E-state index is 0.151. The van der Waals surface area contributed by atoms with Crippen molar-refractivity contribution in [3.05, 3.63) is 89.0 Å². The van der Waals surface area contributed by atoms with Gasteiger partial charge in [-0.3, -0.25) is 0 Å². The van der Waals surface area contributed by atoms with E-state index in [4.69, 9.17) is 0 Å². The smallest absolute Gasteiger partial charge is 0.128 e. The van der Waals surface area contributed by atoms with Crippen LogP contribution in [0.5, 0.6) is 0 Å². The van der Waals surface area contributed by atoms with Crippen LogP contribution in [0, 0.1) is 11.3 Å². The van der Waals surface area contributed by atoms with Crippen LogP contribution in [-0.2, 0) is 17.6 Å². The molecule has 0 N–H and O–H groups in total. The Morgan fingerprint density at radius 3 is 2.64 bits per heavy atom. The number of rotatable bonds is 1. The highest BCUT2D eigenvalue weighted by atomic mass is 16.1. The third-order valence-electron chi connectivity index (χ3n) is 6.72. The highest BCUT2D eigenvalue weighted by Gasteiger charge is 2.38. The van der Waals surface area contributed by atoms with E-state index in [-0.39, 0.29) is 5.41 Å². The fourth-order valence-electron chi connectivity index (χ4n) is 5.24. The lowest BCUT2D eigenvalue weighted by atomic mass is 9.62. The van der Waals surface area contributed by atoms with Crippen LogP contribution in [0.15, 0.2) is 77.9 Å². The number of carbonyl (C=O) groups excluding carboxylic acids is 1. The molecular weight excluding hydrogens is 340 g/mol. The molecule has 0 fully saturated rings. The summed E-state index contributed by atoms with van der Waals surface area (Å²) in [5.74, 6) is 2.55.